The Morgan fingerprint density at radius 1 is 1.26 bits per heavy atom. The van der Waals surface area contributed by atoms with E-state index in [1.165, 1.54) is 0 Å². The topological polar surface area (TPSA) is 56.7 Å². The second kappa shape index (κ2) is 5.01. The summed E-state index contributed by atoms with van der Waals surface area (Å²) >= 11 is 5.95. The van der Waals surface area contributed by atoms with Gasteiger partial charge in [-0.1, -0.05) is 17.3 Å². The van der Waals surface area contributed by atoms with Crippen molar-refractivity contribution in [3.05, 3.63) is 41.8 Å². The highest BCUT2D eigenvalue weighted by Crippen LogP contribution is 2.18. The highest BCUT2D eigenvalue weighted by Gasteiger charge is 2.11. The molecular formula is C13H13ClN4O. The monoisotopic (exact) mass is 276 g/mol. The van der Waals surface area contributed by atoms with Crippen molar-refractivity contribution in [3.63, 3.8) is 0 Å². The van der Waals surface area contributed by atoms with E-state index >= 15 is 0 Å². The number of imidazole rings is 1. The quantitative estimate of drug-likeness (QED) is 0.688. The standard InChI is InChI=1S/C13H13ClN4O/c1-9-15-13(19-17-9)6-7-18-11-5-3-2-4-10(11)16-12(18)8-14/h2-5H,6-8H2,1H3. The van der Waals surface area contributed by atoms with Crippen LogP contribution in [0.5, 0.6) is 0 Å². The summed E-state index contributed by atoms with van der Waals surface area (Å²) in [6.07, 6.45) is 0.672. The second-order valence-corrected chi connectivity index (χ2v) is 4.55. The summed E-state index contributed by atoms with van der Waals surface area (Å²) in [5.74, 6) is 2.54. The summed E-state index contributed by atoms with van der Waals surface area (Å²) in [5.41, 5.74) is 2.04. The minimum atomic E-state index is 0.386. The summed E-state index contributed by atoms with van der Waals surface area (Å²) < 4.78 is 7.22. The van der Waals surface area contributed by atoms with Crippen LogP contribution in [0.15, 0.2) is 28.8 Å². The van der Waals surface area contributed by atoms with Crippen molar-refractivity contribution in [3.8, 4) is 0 Å². The molecule has 0 saturated carbocycles. The summed E-state index contributed by atoms with van der Waals surface area (Å²) in [6, 6.07) is 7.99. The minimum Gasteiger partial charge on any atom is -0.339 e. The highest BCUT2D eigenvalue weighted by molar-refractivity contribution is 6.16. The van der Waals surface area contributed by atoms with Gasteiger partial charge in [0.1, 0.15) is 5.82 Å². The van der Waals surface area contributed by atoms with Crippen LogP contribution in [0.25, 0.3) is 11.0 Å². The Bertz CT molecular complexity index is 704. The summed E-state index contributed by atoms with van der Waals surface area (Å²) in [7, 11) is 0. The summed E-state index contributed by atoms with van der Waals surface area (Å²) in [4.78, 5) is 8.71. The molecule has 19 heavy (non-hydrogen) atoms. The number of alkyl halides is 1. The van der Waals surface area contributed by atoms with Gasteiger partial charge in [0, 0.05) is 13.0 Å². The lowest BCUT2D eigenvalue weighted by molar-refractivity contribution is 0.368. The fourth-order valence-corrected chi connectivity index (χ4v) is 2.33. The zero-order valence-corrected chi connectivity index (χ0v) is 11.3. The van der Waals surface area contributed by atoms with Crippen molar-refractivity contribution in [2.24, 2.45) is 0 Å². The van der Waals surface area contributed by atoms with E-state index in [0.717, 1.165) is 23.4 Å². The van der Waals surface area contributed by atoms with Gasteiger partial charge in [0.25, 0.3) is 0 Å². The Balaban J connectivity index is 1.90. The third-order valence-electron chi connectivity index (χ3n) is 2.97. The van der Waals surface area contributed by atoms with Crippen molar-refractivity contribution in [1.29, 1.82) is 0 Å². The van der Waals surface area contributed by atoms with Crippen molar-refractivity contribution in [2.75, 3.05) is 0 Å². The molecule has 5 nitrogen and oxygen atoms in total. The van der Waals surface area contributed by atoms with Gasteiger partial charge in [0.15, 0.2) is 5.82 Å². The van der Waals surface area contributed by atoms with Crippen molar-refractivity contribution >= 4 is 22.6 Å². The fraction of sp³-hybridized carbons (Fsp3) is 0.308. The number of rotatable bonds is 4. The van der Waals surface area contributed by atoms with Crippen molar-refractivity contribution in [2.45, 2.75) is 25.8 Å². The van der Waals surface area contributed by atoms with Gasteiger partial charge in [-0.3, -0.25) is 0 Å². The predicted octanol–water partition coefficient (Wildman–Crippen LogP) is 2.71. The molecule has 0 aliphatic heterocycles. The lowest BCUT2D eigenvalue weighted by Crippen LogP contribution is -2.05. The van der Waals surface area contributed by atoms with E-state index in [1.807, 2.05) is 31.2 Å². The van der Waals surface area contributed by atoms with E-state index in [2.05, 4.69) is 19.7 Å². The van der Waals surface area contributed by atoms with E-state index in [0.29, 0.717) is 24.0 Å². The molecule has 2 aromatic heterocycles. The number of aromatic nitrogens is 4. The molecule has 1 aromatic carbocycles. The molecule has 0 N–H and O–H groups in total. The van der Waals surface area contributed by atoms with Gasteiger partial charge in [0.05, 0.1) is 16.9 Å². The SMILES string of the molecule is Cc1noc(CCn2c(CCl)nc3ccccc32)n1. The van der Waals surface area contributed by atoms with Crippen LogP contribution < -0.4 is 0 Å². The van der Waals surface area contributed by atoms with Crippen LogP contribution in [0.3, 0.4) is 0 Å². The van der Waals surface area contributed by atoms with Crippen molar-refractivity contribution in [1.82, 2.24) is 19.7 Å². The molecule has 0 radical (unpaired) electrons. The van der Waals surface area contributed by atoms with E-state index < -0.39 is 0 Å². The van der Waals surface area contributed by atoms with E-state index in [1.54, 1.807) is 0 Å². The maximum absolute atomic E-state index is 5.95. The molecule has 3 aromatic rings. The van der Waals surface area contributed by atoms with Gasteiger partial charge in [-0.05, 0) is 19.1 Å². The van der Waals surface area contributed by atoms with Crippen LogP contribution >= 0.6 is 11.6 Å². The average molecular weight is 277 g/mol. The molecule has 6 heteroatoms. The van der Waals surface area contributed by atoms with Gasteiger partial charge in [-0.15, -0.1) is 11.6 Å². The largest absolute Gasteiger partial charge is 0.339 e. The smallest absolute Gasteiger partial charge is 0.228 e. The maximum Gasteiger partial charge on any atom is 0.228 e. The summed E-state index contributed by atoms with van der Waals surface area (Å²) in [6.45, 7) is 2.54. The zero-order chi connectivity index (χ0) is 13.2. The molecule has 98 valence electrons. The number of nitrogens with zero attached hydrogens (tertiary/aromatic N) is 4. The third kappa shape index (κ3) is 2.33. The predicted molar refractivity (Wildman–Crippen MR) is 72.0 cm³/mol. The first-order valence-electron chi connectivity index (χ1n) is 6.07. The number of hydrogen-bond acceptors (Lipinski definition) is 4. The molecule has 0 aliphatic carbocycles. The lowest BCUT2D eigenvalue weighted by Gasteiger charge is -2.05. The molecule has 0 fully saturated rings. The van der Waals surface area contributed by atoms with Crippen LogP contribution in [-0.4, -0.2) is 19.7 Å². The Kier molecular flexibility index (Phi) is 3.21. The number of halogens is 1. The Morgan fingerprint density at radius 2 is 2.11 bits per heavy atom. The number of aryl methyl sites for hydroxylation is 3. The molecule has 0 aliphatic rings. The first-order chi connectivity index (χ1) is 9.28. The van der Waals surface area contributed by atoms with Gasteiger partial charge < -0.3 is 9.09 Å². The maximum atomic E-state index is 5.95. The molecular weight excluding hydrogens is 264 g/mol. The first kappa shape index (κ1) is 12.2. The second-order valence-electron chi connectivity index (χ2n) is 4.29. The number of fused-ring (bicyclic) bond motifs is 1. The molecule has 0 amide bonds. The highest BCUT2D eigenvalue weighted by atomic mass is 35.5. The molecule has 0 bridgehead atoms. The van der Waals surface area contributed by atoms with Crippen LogP contribution in [0.4, 0.5) is 0 Å². The van der Waals surface area contributed by atoms with Crippen LogP contribution in [-0.2, 0) is 18.8 Å². The average Bonchev–Trinajstić information content (AvgIpc) is 2.99. The van der Waals surface area contributed by atoms with Crippen molar-refractivity contribution < 1.29 is 4.52 Å². The number of para-hydroxylation sites is 2. The van der Waals surface area contributed by atoms with Crippen LogP contribution in [0, 0.1) is 6.92 Å². The number of hydrogen-bond donors (Lipinski definition) is 0. The Morgan fingerprint density at radius 3 is 2.84 bits per heavy atom. The molecule has 2 heterocycles. The number of benzene rings is 1. The van der Waals surface area contributed by atoms with Gasteiger partial charge in [0.2, 0.25) is 5.89 Å². The molecule has 0 saturated heterocycles. The summed E-state index contributed by atoms with van der Waals surface area (Å²) in [5, 5.41) is 3.78. The molecule has 0 spiro atoms. The zero-order valence-electron chi connectivity index (χ0n) is 10.5. The van der Waals surface area contributed by atoms with E-state index in [4.69, 9.17) is 16.1 Å². The first-order valence-corrected chi connectivity index (χ1v) is 6.60. The normalized spacial score (nSPS) is 11.3. The van der Waals surface area contributed by atoms with Gasteiger partial charge >= 0.3 is 0 Å². The van der Waals surface area contributed by atoms with Gasteiger partial charge in [-0.2, -0.15) is 4.98 Å². The Hall–Kier alpha value is -1.88. The third-order valence-corrected chi connectivity index (χ3v) is 3.21. The Labute approximate surface area is 115 Å². The molecule has 3 rings (SSSR count). The fourth-order valence-electron chi connectivity index (χ4n) is 2.13. The van der Waals surface area contributed by atoms with Crippen LogP contribution in [0.2, 0.25) is 0 Å². The van der Waals surface area contributed by atoms with E-state index in [-0.39, 0.29) is 0 Å². The van der Waals surface area contributed by atoms with E-state index in [9.17, 15) is 0 Å². The minimum absolute atomic E-state index is 0.386. The lowest BCUT2D eigenvalue weighted by atomic mass is 10.3. The molecule has 0 unspecified atom stereocenters. The molecule has 0 atom stereocenters. The van der Waals surface area contributed by atoms with Crippen LogP contribution in [0.1, 0.15) is 17.5 Å². The van der Waals surface area contributed by atoms with Gasteiger partial charge in [-0.25, -0.2) is 4.98 Å².